The summed E-state index contributed by atoms with van der Waals surface area (Å²) in [5, 5.41) is 14.6. The average Bonchev–Trinajstić information content (AvgIpc) is 2.60. The van der Waals surface area contributed by atoms with E-state index in [9.17, 15) is 23.3 Å². The topological polar surface area (TPSA) is 122 Å². The molecule has 0 atom stereocenters. The Morgan fingerprint density at radius 2 is 1.81 bits per heavy atom. The molecule has 0 heterocycles. The molecule has 0 saturated heterocycles. The second-order valence-corrected chi connectivity index (χ2v) is 7.12. The lowest BCUT2D eigenvalue weighted by Crippen LogP contribution is -2.38. The van der Waals surface area contributed by atoms with Crippen LogP contribution in [0.15, 0.2) is 59.7 Å². The van der Waals surface area contributed by atoms with Gasteiger partial charge in [0, 0.05) is 6.07 Å². The summed E-state index contributed by atoms with van der Waals surface area (Å²) in [4.78, 5) is 22.4. The molecule has 0 radical (unpaired) electrons. The van der Waals surface area contributed by atoms with Gasteiger partial charge in [-0.3, -0.25) is 19.2 Å². The predicted molar refractivity (Wildman–Crippen MR) is 97.5 cm³/mol. The smallest absolute Gasteiger partial charge is 0.271 e. The number of nitro groups is 1. The highest BCUT2D eigenvalue weighted by atomic mass is 32.2. The summed E-state index contributed by atoms with van der Waals surface area (Å²) in [6, 6.07) is 14.0. The van der Waals surface area contributed by atoms with Crippen LogP contribution in [0.25, 0.3) is 0 Å². The first kappa shape index (κ1) is 19.1. The number of carbonyl (C=O) groups excluding carboxylic acids is 1. The van der Waals surface area contributed by atoms with E-state index in [2.05, 4.69) is 10.5 Å². The highest BCUT2D eigenvalue weighted by Gasteiger charge is 2.20. The fraction of sp³-hybridized carbons (Fsp3) is 0.125. The molecular formula is C16H16N4O5S. The molecular weight excluding hydrogens is 360 g/mol. The van der Waals surface area contributed by atoms with Crippen molar-refractivity contribution in [2.24, 2.45) is 5.10 Å². The van der Waals surface area contributed by atoms with Gasteiger partial charge in [-0.15, -0.1) is 0 Å². The van der Waals surface area contributed by atoms with E-state index in [-0.39, 0.29) is 11.3 Å². The molecule has 0 spiro atoms. The summed E-state index contributed by atoms with van der Waals surface area (Å²) >= 11 is 0. The van der Waals surface area contributed by atoms with Crippen LogP contribution in [0.1, 0.15) is 5.56 Å². The van der Waals surface area contributed by atoms with Gasteiger partial charge in [-0.1, -0.05) is 30.3 Å². The zero-order chi connectivity index (χ0) is 19.2. The lowest BCUT2D eigenvalue weighted by Gasteiger charge is -2.21. The zero-order valence-electron chi connectivity index (χ0n) is 13.8. The number of para-hydroxylation sites is 2. The zero-order valence-corrected chi connectivity index (χ0v) is 14.6. The van der Waals surface area contributed by atoms with Gasteiger partial charge >= 0.3 is 0 Å². The number of anilines is 1. The van der Waals surface area contributed by atoms with Crippen molar-refractivity contribution in [3.05, 3.63) is 70.3 Å². The molecule has 26 heavy (non-hydrogen) atoms. The molecule has 10 heteroatoms. The molecule has 9 nitrogen and oxygen atoms in total. The molecule has 2 rings (SSSR count). The molecule has 0 aliphatic carbocycles. The number of sulfonamides is 1. The third kappa shape index (κ3) is 5.11. The van der Waals surface area contributed by atoms with Gasteiger partial charge in [-0.25, -0.2) is 13.8 Å². The minimum atomic E-state index is -3.68. The number of rotatable bonds is 7. The van der Waals surface area contributed by atoms with E-state index in [0.717, 1.165) is 16.8 Å². The first-order chi connectivity index (χ1) is 12.3. The SMILES string of the molecule is CS(=O)(=O)N(CC(=O)N/N=C/c1ccccc1[N+](=O)[O-])c1ccccc1. The van der Waals surface area contributed by atoms with Crippen LogP contribution >= 0.6 is 0 Å². The van der Waals surface area contributed by atoms with Crippen LogP contribution in [-0.2, 0) is 14.8 Å². The highest BCUT2D eigenvalue weighted by molar-refractivity contribution is 7.92. The van der Waals surface area contributed by atoms with E-state index < -0.39 is 27.4 Å². The maximum Gasteiger partial charge on any atom is 0.278 e. The Kier molecular flexibility index (Phi) is 6.02. The number of nitrogens with one attached hydrogen (secondary N) is 1. The lowest BCUT2D eigenvalue weighted by atomic mass is 10.2. The van der Waals surface area contributed by atoms with Crippen LogP contribution in [0.3, 0.4) is 0 Å². The molecule has 136 valence electrons. The Hall–Kier alpha value is -3.27. The Morgan fingerprint density at radius 3 is 2.42 bits per heavy atom. The first-order valence-corrected chi connectivity index (χ1v) is 9.22. The molecule has 0 aliphatic heterocycles. The second kappa shape index (κ2) is 8.21. The highest BCUT2D eigenvalue weighted by Crippen LogP contribution is 2.16. The van der Waals surface area contributed by atoms with E-state index in [1.54, 1.807) is 36.4 Å². The third-order valence-corrected chi connectivity index (χ3v) is 4.40. The summed E-state index contributed by atoms with van der Waals surface area (Å²) in [6.07, 6.45) is 2.12. The van der Waals surface area contributed by atoms with Crippen molar-refractivity contribution in [1.29, 1.82) is 0 Å². The van der Waals surface area contributed by atoms with Crippen molar-refractivity contribution in [2.75, 3.05) is 17.1 Å². The minimum Gasteiger partial charge on any atom is -0.271 e. The fourth-order valence-electron chi connectivity index (χ4n) is 2.10. The molecule has 0 fully saturated rings. The Balaban J connectivity index is 2.09. The molecule has 2 aromatic carbocycles. The van der Waals surface area contributed by atoms with Gasteiger partial charge < -0.3 is 0 Å². The summed E-state index contributed by atoms with van der Waals surface area (Å²) in [5.74, 6) is -0.686. The van der Waals surface area contributed by atoms with Gasteiger partial charge in [-0.2, -0.15) is 5.10 Å². The van der Waals surface area contributed by atoms with Crippen molar-refractivity contribution in [3.8, 4) is 0 Å². The van der Waals surface area contributed by atoms with E-state index in [1.807, 2.05) is 0 Å². The van der Waals surface area contributed by atoms with E-state index in [1.165, 1.54) is 18.2 Å². The van der Waals surface area contributed by atoms with Crippen molar-refractivity contribution in [1.82, 2.24) is 5.43 Å². The predicted octanol–water partition coefficient (Wildman–Crippen LogP) is 1.51. The lowest BCUT2D eigenvalue weighted by molar-refractivity contribution is -0.385. The molecule has 1 N–H and O–H groups in total. The monoisotopic (exact) mass is 376 g/mol. The molecule has 0 aliphatic rings. The molecule has 0 aromatic heterocycles. The molecule has 0 unspecified atom stereocenters. The van der Waals surface area contributed by atoms with Crippen molar-refractivity contribution in [3.63, 3.8) is 0 Å². The number of nitrogens with zero attached hydrogens (tertiary/aromatic N) is 3. The Morgan fingerprint density at radius 1 is 1.19 bits per heavy atom. The van der Waals surface area contributed by atoms with E-state index in [4.69, 9.17) is 0 Å². The largest absolute Gasteiger partial charge is 0.278 e. The van der Waals surface area contributed by atoms with Crippen LogP contribution in [0.2, 0.25) is 0 Å². The van der Waals surface area contributed by atoms with Crippen molar-refractivity contribution >= 4 is 33.5 Å². The quantitative estimate of drug-likeness (QED) is 0.446. The van der Waals surface area contributed by atoms with Gasteiger partial charge in [0.05, 0.1) is 28.6 Å². The number of carbonyl (C=O) groups is 1. The summed E-state index contributed by atoms with van der Waals surface area (Å²) in [6.45, 7) is -0.475. The van der Waals surface area contributed by atoms with Gasteiger partial charge in [0.15, 0.2) is 0 Å². The third-order valence-electron chi connectivity index (χ3n) is 3.26. The average molecular weight is 376 g/mol. The van der Waals surface area contributed by atoms with Gasteiger partial charge in [-0.05, 0) is 18.2 Å². The number of hydrazone groups is 1. The van der Waals surface area contributed by atoms with Gasteiger partial charge in [0.2, 0.25) is 10.0 Å². The maximum absolute atomic E-state index is 12.0. The number of hydrogen-bond acceptors (Lipinski definition) is 6. The van der Waals surface area contributed by atoms with E-state index >= 15 is 0 Å². The maximum atomic E-state index is 12.0. The Bertz CT molecular complexity index is 929. The van der Waals surface area contributed by atoms with Crippen molar-refractivity contribution < 1.29 is 18.1 Å². The summed E-state index contributed by atoms with van der Waals surface area (Å²) in [5.41, 5.74) is 2.56. The Labute approximate surface area is 150 Å². The molecule has 0 saturated carbocycles. The van der Waals surface area contributed by atoms with Crippen LogP contribution in [0, 0.1) is 10.1 Å². The normalized spacial score (nSPS) is 11.3. The molecule has 1 amide bonds. The van der Waals surface area contributed by atoms with Crippen LogP contribution < -0.4 is 9.73 Å². The van der Waals surface area contributed by atoms with Crippen LogP contribution in [-0.4, -0.2) is 38.3 Å². The van der Waals surface area contributed by atoms with Crippen molar-refractivity contribution in [2.45, 2.75) is 0 Å². The van der Waals surface area contributed by atoms with E-state index in [0.29, 0.717) is 5.69 Å². The molecule has 2 aromatic rings. The number of amides is 1. The minimum absolute atomic E-state index is 0.160. The van der Waals surface area contributed by atoms with Gasteiger partial charge in [0.1, 0.15) is 6.54 Å². The standard InChI is InChI=1S/C16H16N4O5S/c1-26(24,25)19(14-8-3-2-4-9-14)12-16(21)18-17-11-13-7-5-6-10-15(13)20(22)23/h2-11H,12H2,1H3,(H,18,21)/b17-11+. The number of benzene rings is 2. The fourth-order valence-corrected chi connectivity index (χ4v) is 2.95. The molecule has 0 bridgehead atoms. The summed E-state index contributed by atoms with van der Waals surface area (Å²) in [7, 11) is -3.68. The van der Waals surface area contributed by atoms with Crippen LogP contribution in [0.5, 0.6) is 0 Å². The van der Waals surface area contributed by atoms with Crippen LogP contribution in [0.4, 0.5) is 11.4 Å². The first-order valence-electron chi connectivity index (χ1n) is 7.37. The second-order valence-electron chi connectivity index (χ2n) is 5.21. The summed E-state index contributed by atoms with van der Waals surface area (Å²) < 4.78 is 24.8. The number of nitro benzene ring substituents is 1. The number of hydrogen-bond donors (Lipinski definition) is 1. The van der Waals surface area contributed by atoms with Gasteiger partial charge in [0.25, 0.3) is 11.6 Å².